The first kappa shape index (κ1) is 19.4. The Morgan fingerprint density at radius 3 is 2.71 bits per heavy atom. The SMILES string of the molecule is Cc1nc(C)c(-c2csc(Cc3ccc(C(=O)CC4CCOCC4)cn3)n2)s1. The Kier molecular flexibility index (Phi) is 5.94. The fourth-order valence-corrected chi connectivity index (χ4v) is 5.20. The highest BCUT2D eigenvalue weighted by Gasteiger charge is 2.19. The summed E-state index contributed by atoms with van der Waals surface area (Å²) in [7, 11) is 0. The number of carbonyl (C=O) groups excluding carboxylic acids is 1. The second-order valence-corrected chi connectivity index (χ2v) is 9.32. The highest BCUT2D eigenvalue weighted by Crippen LogP contribution is 2.31. The summed E-state index contributed by atoms with van der Waals surface area (Å²) < 4.78 is 5.37. The number of aryl methyl sites for hydroxylation is 2. The Labute approximate surface area is 172 Å². The molecule has 1 fully saturated rings. The molecule has 5 nitrogen and oxygen atoms in total. The van der Waals surface area contributed by atoms with Gasteiger partial charge in [-0.15, -0.1) is 22.7 Å². The molecular formula is C21H23N3O2S2. The summed E-state index contributed by atoms with van der Waals surface area (Å²) in [5.74, 6) is 0.618. The molecule has 0 N–H and O–H groups in total. The van der Waals surface area contributed by atoms with Gasteiger partial charge >= 0.3 is 0 Å². The van der Waals surface area contributed by atoms with Gasteiger partial charge in [-0.3, -0.25) is 9.78 Å². The number of thiazole rings is 2. The Hall–Kier alpha value is -1.96. The predicted octanol–water partition coefficient (Wildman–Crippen LogP) is 4.87. The summed E-state index contributed by atoms with van der Waals surface area (Å²) in [6, 6.07) is 3.84. The monoisotopic (exact) mass is 413 g/mol. The van der Waals surface area contributed by atoms with E-state index < -0.39 is 0 Å². The fraction of sp³-hybridized carbons (Fsp3) is 0.429. The van der Waals surface area contributed by atoms with Crippen LogP contribution < -0.4 is 0 Å². The lowest BCUT2D eigenvalue weighted by molar-refractivity contribution is 0.0601. The van der Waals surface area contributed by atoms with Crippen LogP contribution in [0.5, 0.6) is 0 Å². The Morgan fingerprint density at radius 1 is 1.21 bits per heavy atom. The van der Waals surface area contributed by atoms with Gasteiger partial charge in [0.1, 0.15) is 0 Å². The van der Waals surface area contributed by atoms with Crippen molar-refractivity contribution >= 4 is 28.5 Å². The molecule has 1 aliphatic rings. The van der Waals surface area contributed by atoms with Crippen LogP contribution in [0, 0.1) is 19.8 Å². The number of Topliss-reactive ketones (excluding diaryl/α,β-unsaturated/α-hetero) is 1. The van der Waals surface area contributed by atoms with Crippen LogP contribution in [-0.2, 0) is 11.2 Å². The molecule has 1 saturated heterocycles. The molecule has 0 aromatic carbocycles. The third-order valence-electron chi connectivity index (χ3n) is 4.98. The second kappa shape index (κ2) is 8.59. The van der Waals surface area contributed by atoms with Crippen LogP contribution >= 0.6 is 22.7 Å². The lowest BCUT2D eigenvalue weighted by Gasteiger charge is -2.21. The zero-order valence-corrected chi connectivity index (χ0v) is 17.7. The minimum absolute atomic E-state index is 0.179. The quantitative estimate of drug-likeness (QED) is 0.540. The number of nitrogens with zero attached hydrogens (tertiary/aromatic N) is 3. The van der Waals surface area contributed by atoms with Crippen molar-refractivity contribution in [2.45, 2.75) is 39.5 Å². The summed E-state index contributed by atoms with van der Waals surface area (Å²) in [5.41, 5.74) is 3.66. The standard InChI is InChI=1S/C21H23N3O2S2/c1-13-21(28-14(2)23-13)18-12-27-20(24-18)10-17-4-3-16(11-22-17)19(25)9-15-5-7-26-8-6-15/h3-4,11-12,15H,5-10H2,1-2H3. The van der Waals surface area contributed by atoms with Crippen LogP contribution in [0.15, 0.2) is 23.7 Å². The first-order chi connectivity index (χ1) is 13.6. The number of ether oxygens (including phenoxy) is 1. The molecule has 0 atom stereocenters. The van der Waals surface area contributed by atoms with E-state index in [9.17, 15) is 4.79 Å². The first-order valence-corrected chi connectivity index (χ1v) is 11.2. The molecule has 0 spiro atoms. The van der Waals surface area contributed by atoms with Crippen LogP contribution in [0.3, 0.4) is 0 Å². The molecular weight excluding hydrogens is 390 g/mol. The van der Waals surface area contributed by atoms with Gasteiger partial charge in [-0.25, -0.2) is 9.97 Å². The number of hydrogen-bond donors (Lipinski definition) is 0. The van der Waals surface area contributed by atoms with Crippen LogP contribution in [-0.4, -0.2) is 33.9 Å². The molecule has 0 amide bonds. The maximum Gasteiger partial charge on any atom is 0.164 e. The summed E-state index contributed by atoms with van der Waals surface area (Å²) in [6.07, 6.45) is 4.93. The van der Waals surface area contributed by atoms with Crippen molar-refractivity contribution in [3.05, 3.63) is 50.7 Å². The Morgan fingerprint density at radius 2 is 2.04 bits per heavy atom. The van der Waals surface area contributed by atoms with Gasteiger partial charge in [0.25, 0.3) is 0 Å². The van der Waals surface area contributed by atoms with Crippen molar-refractivity contribution < 1.29 is 9.53 Å². The molecule has 0 aliphatic carbocycles. The normalized spacial score (nSPS) is 15.1. The second-order valence-electron chi connectivity index (χ2n) is 7.17. The van der Waals surface area contributed by atoms with E-state index in [2.05, 4.69) is 15.3 Å². The molecule has 0 unspecified atom stereocenters. The number of ketones is 1. The van der Waals surface area contributed by atoms with E-state index in [4.69, 9.17) is 9.72 Å². The molecule has 4 rings (SSSR count). The van der Waals surface area contributed by atoms with E-state index in [0.717, 1.165) is 58.0 Å². The highest BCUT2D eigenvalue weighted by atomic mass is 32.1. The first-order valence-electron chi connectivity index (χ1n) is 9.53. The summed E-state index contributed by atoms with van der Waals surface area (Å²) in [5, 5.41) is 4.17. The van der Waals surface area contributed by atoms with E-state index in [1.807, 2.05) is 26.0 Å². The van der Waals surface area contributed by atoms with Crippen LogP contribution in [0.4, 0.5) is 0 Å². The van der Waals surface area contributed by atoms with Crippen LogP contribution in [0.2, 0.25) is 0 Å². The zero-order chi connectivity index (χ0) is 19.5. The van der Waals surface area contributed by atoms with Gasteiger partial charge in [0.15, 0.2) is 5.78 Å². The lowest BCUT2D eigenvalue weighted by atomic mass is 9.92. The van der Waals surface area contributed by atoms with E-state index in [1.165, 1.54) is 0 Å². The molecule has 7 heteroatoms. The summed E-state index contributed by atoms with van der Waals surface area (Å²) >= 11 is 3.32. The topological polar surface area (TPSA) is 65.0 Å². The van der Waals surface area contributed by atoms with Gasteiger partial charge < -0.3 is 4.74 Å². The molecule has 3 aromatic heterocycles. The van der Waals surface area contributed by atoms with Crippen molar-refractivity contribution in [1.29, 1.82) is 0 Å². The van der Waals surface area contributed by atoms with E-state index in [0.29, 0.717) is 24.3 Å². The fourth-order valence-electron chi connectivity index (χ4n) is 3.44. The highest BCUT2D eigenvalue weighted by molar-refractivity contribution is 7.15. The predicted molar refractivity (Wildman–Crippen MR) is 112 cm³/mol. The largest absolute Gasteiger partial charge is 0.381 e. The van der Waals surface area contributed by atoms with E-state index in [-0.39, 0.29) is 5.78 Å². The molecule has 0 radical (unpaired) electrons. The van der Waals surface area contributed by atoms with Crippen molar-refractivity contribution in [1.82, 2.24) is 15.0 Å². The Bertz CT molecular complexity index is 956. The number of hydrogen-bond acceptors (Lipinski definition) is 7. The molecule has 3 aromatic rings. The van der Waals surface area contributed by atoms with Gasteiger partial charge in [-0.05, 0) is 44.7 Å². The van der Waals surface area contributed by atoms with Gasteiger partial charge in [0.05, 0.1) is 26.3 Å². The third kappa shape index (κ3) is 4.54. The van der Waals surface area contributed by atoms with E-state index >= 15 is 0 Å². The van der Waals surface area contributed by atoms with Crippen molar-refractivity contribution in [2.24, 2.45) is 5.92 Å². The van der Waals surface area contributed by atoms with Crippen molar-refractivity contribution in [2.75, 3.05) is 13.2 Å². The van der Waals surface area contributed by atoms with Crippen molar-refractivity contribution in [3.8, 4) is 10.6 Å². The van der Waals surface area contributed by atoms with Gasteiger partial charge in [0, 0.05) is 48.9 Å². The van der Waals surface area contributed by atoms with Crippen LogP contribution in [0.1, 0.15) is 51.0 Å². The summed E-state index contributed by atoms with van der Waals surface area (Å²) in [4.78, 5) is 27.4. The molecule has 0 saturated carbocycles. The maximum absolute atomic E-state index is 12.5. The molecule has 1 aliphatic heterocycles. The Balaban J connectivity index is 1.39. The van der Waals surface area contributed by atoms with Crippen LogP contribution in [0.25, 0.3) is 10.6 Å². The smallest absolute Gasteiger partial charge is 0.164 e. The van der Waals surface area contributed by atoms with Gasteiger partial charge in [0.2, 0.25) is 0 Å². The summed E-state index contributed by atoms with van der Waals surface area (Å²) in [6.45, 7) is 5.58. The minimum atomic E-state index is 0.179. The lowest BCUT2D eigenvalue weighted by Crippen LogP contribution is -2.18. The average molecular weight is 414 g/mol. The third-order valence-corrected chi connectivity index (χ3v) is 6.93. The number of carbonyl (C=O) groups is 1. The average Bonchev–Trinajstić information content (AvgIpc) is 3.28. The number of pyridine rings is 1. The molecule has 4 heterocycles. The zero-order valence-electron chi connectivity index (χ0n) is 16.1. The van der Waals surface area contributed by atoms with E-state index in [1.54, 1.807) is 28.9 Å². The number of aromatic nitrogens is 3. The maximum atomic E-state index is 12.5. The van der Waals surface area contributed by atoms with Crippen molar-refractivity contribution in [3.63, 3.8) is 0 Å². The minimum Gasteiger partial charge on any atom is -0.381 e. The number of rotatable bonds is 6. The molecule has 146 valence electrons. The van der Waals surface area contributed by atoms with Gasteiger partial charge in [-0.1, -0.05) is 0 Å². The molecule has 28 heavy (non-hydrogen) atoms. The molecule has 0 bridgehead atoms. The van der Waals surface area contributed by atoms with Gasteiger partial charge in [-0.2, -0.15) is 0 Å².